The summed E-state index contributed by atoms with van der Waals surface area (Å²) in [6.07, 6.45) is 2.51. The van der Waals surface area contributed by atoms with Crippen LogP contribution in [-0.4, -0.2) is 37.7 Å². The number of Topliss-reactive ketones (excluding diaryl/α,β-unsaturated/α-hetero) is 2. The van der Waals surface area contributed by atoms with E-state index in [4.69, 9.17) is 9.16 Å². The van der Waals surface area contributed by atoms with Crippen LogP contribution in [0.2, 0.25) is 18.1 Å². The highest BCUT2D eigenvalue weighted by molar-refractivity contribution is 6.74. The normalized spacial score (nSPS) is 50.7. The number of hydrogen-bond donors (Lipinski definition) is 0. The molecule has 1 heterocycles. The van der Waals surface area contributed by atoms with Gasteiger partial charge in [0.2, 0.25) is 11.6 Å². The summed E-state index contributed by atoms with van der Waals surface area (Å²) in [6.45, 7) is 24.4. The lowest BCUT2D eigenvalue weighted by Crippen LogP contribution is -2.49. The number of ether oxygens (including phenoxy) is 1. The average Bonchev–Trinajstić information content (AvgIpc) is 3.15. The Kier molecular flexibility index (Phi) is 4.01. The molecule has 172 valence electrons. The predicted molar refractivity (Wildman–Crippen MR) is 123 cm³/mol. The molecule has 0 radical (unpaired) electrons. The number of carbonyl (C=O) groups is 2. The summed E-state index contributed by atoms with van der Waals surface area (Å²) >= 11 is 0. The van der Waals surface area contributed by atoms with Crippen LogP contribution >= 0.6 is 0 Å². The van der Waals surface area contributed by atoms with E-state index in [-0.39, 0.29) is 46.1 Å². The van der Waals surface area contributed by atoms with Crippen molar-refractivity contribution in [2.45, 2.75) is 104 Å². The molecule has 5 fully saturated rings. The van der Waals surface area contributed by atoms with E-state index in [1.165, 1.54) is 0 Å². The molecular weight excluding hydrogens is 404 g/mol. The van der Waals surface area contributed by atoms with Crippen molar-refractivity contribution in [2.75, 3.05) is 0 Å². The van der Waals surface area contributed by atoms with E-state index in [1.54, 1.807) is 0 Å². The van der Waals surface area contributed by atoms with Crippen LogP contribution in [0.3, 0.4) is 0 Å². The highest BCUT2D eigenvalue weighted by Gasteiger charge is 2.94. The van der Waals surface area contributed by atoms with E-state index >= 15 is 0 Å². The van der Waals surface area contributed by atoms with Gasteiger partial charge in [0.1, 0.15) is 11.7 Å². The predicted octanol–water partition coefficient (Wildman–Crippen LogP) is 5.32. The van der Waals surface area contributed by atoms with Crippen molar-refractivity contribution in [2.24, 2.45) is 34.0 Å². The number of epoxide rings is 1. The van der Waals surface area contributed by atoms with E-state index in [0.29, 0.717) is 5.92 Å². The molecule has 1 aliphatic heterocycles. The Morgan fingerprint density at radius 2 is 1.77 bits per heavy atom. The topological polar surface area (TPSA) is 55.9 Å². The SMILES string of the molecule is C=C1[C@@H](O[Si](C)(C)C(C)(C)C)[C@H]2O[C@@]23[C@@H]1C[C@]12CC[C@H](C(C)C)[C@@]1(C)C(=O)C(=O)[C@]32C. The van der Waals surface area contributed by atoms with E-state index in [9.17, 15) is 9.59 Å². The number of hydrogen-bond acceptors (Lipinski definition) is 4. The first-order valence-electron chi connectivity index (χ1n) is 12.2. The molecular formula is C26H40O4Si. The minimum Gasteiger partial charge on any atom is -0.407 e. The van der Waals surface area contributed by atoms with Crippen LogP contribution in [-0.2, 0) is 18.8 Å². The first kappa shape index (κ1) is 22.0. The monoisotopic (exact) mass is 444 g/mol. The molecule has 0 aromatic carbocycles. The maximum atomic E-state index is 13.8. The Bertz CT molecular complexity index is 915. The average molecular weight is 445 g/mol. The smallest absolute Gasteiger partial charge is 0.208 e. The fourth-order valence-corrected chi connectivity index (χ4v) is 9.90. The first-order valence-corrected chi connectivity index (χ1v) is 15.1. The minimum absolute atomic E-state index is 0.0891. The Hall–Kier alpha value is -0.783. The van der Waals surface area contributed by atoms with Gasteiger partial charge in [-0.3, -0.25) is 9.59 Å². The second-order valence-electron chi connectivity index (χ2n) is 13.4. The van der Waals surface area contributed by atoms with Crippen LogP contribution in [0.4, 0.5) is 0 Å². The zero-order chi connectivity index (χ0) is 23.2. The van der Waals surface area contributed by atoms with Crippen molar-refractivity contribution < 1.29 is 18.8 Å². The van der Waals surface area contributed by atoms with Crippen molar-refractivity contribution in [1.29, 1.82) is 0 Å². The molecule has 5 heteroatoms. The Morgan fingerprint density at radius 3 is 2.32 bits per heavy atom. The van der Waals surface area contributed by atoms with Gasteiger partial charge < -0.3 is 9.16 Å². The van der Waals surface area contributed by atoms with Gasteiger partial charge in [0.25, 0.3) is 0 Å². The summed E-state index contributed by atoms with van der Waals surface area (Å²) in [4.78, 5) is 27.5. The second kappa shape index (κ2) is 5.64. The van der Waals surface area contributed by atoms with E-state index < -0.39 is 24.7 Å². The van der Waals surface area contributed by atoms with Crippen molar-refractivity contribution in [3.8, 4) is 0 Å². The summed E-state index contributed by atoms with van der Waals surface area (Å²) in [7, 11) is -2.03. The van der Waals surface area contributed by atoms with E-state index in [0.717, 1.165) is 24.8 Å². The standard InChI is InChI=1S/C26H40O4Si/c1-14(2)16-11-12-25-13-17-15(3)18(30-31(9,10)22(4,5)6)21-26(17,29-21)24(25,8)20(28)19(27)23(16,25)7/h14,16-18,21H,3,11-13H2,1-2,4-10H3/t16-,17-,18-,21-,23+,24+,25-,26+/m1/s1. The van der Waals surface area contributed by atoms with Gasteiger partial charge in [-0.15, -0.1) is 0 Å². The largest absolute Gasteiger partial charge is 0.407 e. The lowest BCUT2D eigenvalue weighted by atomic mass is 9.56. The molecule has 1 saturated heterocycles. The van der Waals surface area contributed by atoms with Crippen molar-refractivity contribution in [3.05, 3.63) is 12.2 Å². The Balaban J connectivity index is 1.58. The molecule has 8 atom stereocenters. The molecule has 0 aromatic heterocycles. The Morgan fingerprint density at radius 1 is 1.16 bits per heavy atom. The summed E-state index contributed by atoms with van der Waals surface area (Å²) in [5, 5.41) is 0.0891. The van der Waals surface area contributed by atoms with Crippen LogP contribution in [0.5, 0.6) is 0 Å². The van der Waals surface area contributed by atoms with Crippen LogP contribution in [0.15, 0.2) is 12.2 Å². The third-order valence-corrected chi connectivity index (χ3v) is 15.8. The fraction of sp³-hybridized carbons (Fsp3) is 0.846. The molecule has 0 bridgehead atoms. The van der Waals surface area contributed by atoms with Gasteiger partial charge in [0.05, 0.1) is 11.5 Å². The lowest BCUT2D eigenvalue weighted by Gasteiger charge is -2.45. The second-order valence-corrected chi connectivity index (χ2v) is 18.2. The van der Waals surface area contributed by atoms with Crippen LogP contribution < -0.4 is 0 Å². The fourth-order valence-electron chi connectivity index (χ4n) is 8.64. The van der Waals surface area contributed by atoms with Crippen molar-refractivity contribution in [1.82, 2.24) is 0 Å². The quantitative estimate of drug-likeness (QED) is 0.256. The van der Waals surface area contributed by atoms with Gasteiger partial charge >= 0.3 is 0 Å². The third kappa shape index (κ3) is 1.99. The lowest BCUT2D eigenvalue weighted by molar-refractivity contribution is -0.143. The summed E-state index contributed by atoms with van der Waals surface area (Å²) < 4.78 is 13.4. The summed E-state index contributed by atoms with van der Waals surface area (Å²) in [6, 6.07) is 0. The molecule has 4 nitrogen and oxygen atoms in total. The van der Waals surface area contributed by atoms with Crippen LogP contribution in [0.1, 0.15) is 67.7 Å². The number of ketones is 2. The molecule has 2 spiro atoms. The van der Waals surface area contributed by atoms with Crippen molar-refractivity contribution >= 4 is 19.9 Å². The first-order chi connectivity index (χ1) is 14.0. The Labute approximate surface area is 188 Å². The highest BCUT2D eigenvalue weighted by Crippen LogP contribution is 2.86. The summed E-state index contributed by atoms with van der Waals surface area (Å²) in [5.74, 6) is 0.444. The van der Waals surface area contributed by atoms with Gasteiger partial charge in [-0.1, -0.05) is 48.1 Å². The molecule has 4 aliphatic carbocycles. The molecule has 0 aromatic rings. The molecule has 31 heavy (non-hydrogen) atoms. The minimum atomic E-state index is -2.03. The molecule has 0 N–H and O–H groups in total. The van der Waals surface area contributed by atoms with Crippen molar-refractivity contribution in [3.63, 3.8) is 0 Å². The molecule has 5 rings (SSSR count). The van der Waals surface area contributed by atoms with Gasteiger partial charge in [0, 0.05) is 11.3 Å². The van der Waals surface area contributed by atoms with Gasteiger partial charge in [-0.2, -0.15) is 0 Å². The highest BCUT2D eigenvalue weighted by atomic mass is 28.4. The van der Waals surface area contributed by atoms with E-state index in [1.807, 2.05) is 0 Å². The summed E-state index contributed by atoms with van der Waals surface area (Å²) in [5.41, 5.74) is -1.14. The third-order valence-electron chi connectivity index (χ3n) is 11.4. The molecule has 5 aliphatic rings. The molecule has 0 amide bonds. The molecule has 0 unspecified atom stereocenters. The van der Waals surface area contributed by atoms with Crippen LogP contribution in [0.25, 0.3) is 0 Å². The zero-order valence-electron chi connectivity index (χ0n) is 20.8. The van der Waals surface area contributed by atoms with Gasteiger partial charge in [0.15, 0.2) is 8.32 Å². The molecule has 4 saturated carbocycles. The zero-order valence-corrected chi connectivity index (χ0v) is 21.8. The van der Waals surface area contributed by atoms with Crippen LogP contribution in [0, 0.1) is 34.0 Å². The maximum Gasteiger partial charge on any atom is 0.208 e. The number of carbonyl (C=O) groups excluding carboxylic acids is 2. The van der Waals surface area contributed by atoms with Gasteiger partial charge in [-0.05, 0) is 67.1 Å². The van der Waals surface area contributed by atoms with E-state index in [2.05, 4.69) is 68.1 Å². The maximum absolute atomic E-state index is 13.8. The number of rotatable bonds is 3. The van der Waals surface area contributed by atoms with Gasteiger partial charge in [-0.25, -0.2) is 0 Å².